The molecule has 2 heteroatoms. The first kappa shape index (κ1) is 13.9. The first-order valence-electron chi connectivity index (χ1n) is 6.80. The summed E-state index contributed by atoms with van der Waals surface area (Å²) in [6.07, 6.45) is 5.01. The van der Waals surface area contributed by atoms with E-state index in [2.05, 4.69) is 37.8 Å². The Morgan fingerprint density at radius 1 is 1.06 bits per heavy atom. The van der Waals surface area contributed by atoms with E-state index in [1.807, 2.05) is 6.07 Å². The summed E-state index contributed by atoms with van der Waals surface area (Å²) < 4.78 is 0. The molecule has 0 unspecified atom stereocenters. The Balaban J connectivity index is 2.75. The highest BCUT2D eigenvalue weighted by Gasteiger charge is 2.06. The standard InChI is InChI=1S/C15H26N2/c1-4-6-10-17(11-7-5-2)14-8-9-15(16)13(3)12-14/h8-9,12H,4-7,10-11,16H2,1-3H3. The Morgan fingerprint density at radius 3 is 2.12 bits per heavy atom. The van der Waals surface area contributed by atoms with Gasteiger partial charge in [0.25, 0.3) is 0 Å². The number of unbranched alkanes of at least 4 members (excludes halogenated alkanes) is 2. The molecule has 17 heavy (non-hydrogen) atoms. The van der Waals surface area contributed by atoms with E-state index in [-0.39, 0.29) is 0 Å². The largest absolute Gasteiger partial charge is 0.399 e. The van der Waals surface area contributed by atoms with Crippen LogP contribution in [0.3, 0.4) is 0 Å². The van der Waals surface area contributed by atoms with E-state index in [0.717, 1.165) is 18.8 Å². The maximum atomic E-state index is 5.87. The molecule has 0 bridgehead atoms. The summed E-state index contributed by atoms with van der Waals surface area (Å²) in [5.74, 6) is 0. The highest BCUT2D eigenvalue weighted by molar-refractivity contribution is 5.58. The zero-order valence-corrected chi connectivity index (χ0v) is 11.5. The number of hydrogen-bond donors (Lipinski definition) is 1. The second-order valence-corrected chi connectivity index (χ2v) is 4.74. The molecule has 0 spiro atoms. The SMILES string of the molecule is CCCCN(CCCC)c1ccc(N)c(C)c1. The van der Waals surface area contributed by atoms with Crippen LogP contribution in [0.4, 0.5) is 11.4 Å². The summed E-state index contributed by atoms with van der Waals surface area (Å²) in [6.45, 7) is 8.87. The Bertz CT molecular complexity index is 326. The highest BCUT2D eigenvalue weighted by atomic mass is 15.1. The first-order valence-corrected chi connectivity index (χ1v) is 6.80. The lowest BCUT2D eigenvalue weighted by Gasteiger charge is -2.25. The van der Waals surface area contributed by atoms with Gasteiger partial charge in [-0.05, 0) is 43.5 Å². The molecule has 0 amide bonds. The quantitative estimate of drug-likeness (QED) is 0.723. The molecule has 2 N–H and O–H groups in total. The van der Waals surface area contributed by atoms with E-state index >= 15 is 0 Å². The molecule has 0 radical (unpaired) electrons. The molecule has 0 aliphatic heterocycles. The smallest absolute Gasteiger partial charge is 0.0370 e. The van der Waals surface area contributed by atoms with Gasteiger partial charge in [0.2, 0.25) is 0 Å². The van der Waals surface area contributed by atoms with Crippen molar-refractivity contribution in [3.63, 3.8) is 0 Å². The third-order valence-electron chi connectivity index (χ3n) is 3.18. The van der Waals surface area contributed by atoms with Crippen molar-refractivity contribution < 1.29 is 0 Å². The average Bonchev–Trinajstić information content (AvgIpc) is 2.33. The van der Waals surface area contributed by atoms with Crippen molar-refractivity contribution in [1.29, 1.82) is 0 Å². The summed E-state index contributed by atoms with van der Waals surface area (Å²) in [7, 11) is 0. The van der Waals surface area contributed by atoms with Gasteiger partial charge in [-0.15, -0.1) is 0 Å². The lowest BCUT2D eigenvalue weighted by molar-refractivity contribution is 0.678. The molecule has 0 saturated heterocycles. The number of nitrogen functional groups attached to an aromatic ring is 1. The van der Waals surface area contributed by atoms with E-state index in [1.54, 1.807) is 0 Å². The fourth-order valence-corrected chi connectivity index (χ4v) is 1.92. The van der Waals surface area contributed by atoms with Crippen LogP contribution < -0.4 is 10.6 Å². The number of hydrogen-bond acceptors (Lipinski definition) is 2. The number of benzene rings is 1. The van der Waals surface area contributed by atoms with Crippen molar-refractivity contribution in [2.75, 3.05) is 23.7 Å². The molecule has 2 nitrogen and oxygen atoms in total. The molecular weight excluding hydrogens is 208 g/mol. The van der Waals surface area contributed by atoms with Gasteiger partial charge in [-0.25, -0.2) is 0 Å². The molecule has 0 fully saturated rings. The average molecular weight is 234 g/mol. The predicted octanol–water partition coefficient (Wildman–Crippen LogP) is 3.98. The Morgan fingerprint density at radius 2 is 1.65 bits per heavy atom. The summed E-state index contributed by atoms with van der Waals surface area (Å²) in [6, 6.07) is 6.38. The third-order valence-corrected chi connectivity index (χ3v) is 3.18. The molecule has 1 aromatic rings. The van der Waals surface area contributed by atoms with Crippen molar-refractivity contribution in [1.82, 2.24) is 0 Å². The molecule has 1 aromatic carbocycles. The number of rotatable bonds is 7. The van der Waals surface area contributed by atoms with Crippen LogP contribution in [0, 0.1) is 6.92 Å². The maximum Gasteiger partial charge on any atom is 0.0370 e. The number of aryl methyl sites for hydroxylation is 1. The van der Waals surface area contributed by atoms with E-state index in [9.17, 15) is 0 Å². The van der Waals surface area contributed by atoms with Gasteiger partial charge in [0, 0.05) is 24.5 Å². The third kappa shape index (κ3) is 4.29. The molecule has 96 valence electrons. The van der Waals surface area contributed by atoms with Crippen LogP contribution >= 0.6 is 0 Å². The van der Waals surface area contributed by atoms with Crippen LogP contribution in [-0.4, -0.2) is 13.1 Å². The zero-order valence-electron chi connectivity index (χ0n) is 11.5. The van der Waals surface area contributed by atoms with Gasteiger partial charge in [0.15, 0.2) is 0 Å². The lowest BCUT2D eigenvalue weighted by atomic mass is 10.1. The van der Waals surface area contributed by atoms with Crippen LogP contribution in [-0.2, 0) is 0 Å². The summed E-state index contributed by atoms with van der Waals surface area (Å²) in [5.41, 5.74) is 9.26. The van der Waals surface area contributed by atoms with Gasteiger partial charge < -0.3 is 10.6 Å². The summed E-state index contributed by atoms with van der Waals surface area (Å²) >= 11 is 0. The van der Waals surface area contributed by atoms with E-state index < -0.39 is 0 Å². The predicted molar refractivity (Wildman–Crippen MR) is 77.6 cm³/mol. The van der Waals surface area contributed by atoms with Crippen molar-refractivity contribution in [2.45, 2.75) is 46.5 Å². The van der Waals surface area contributed by atoms with Crippen molar-refractivity contribution >= 4 is 11.4 Å². The minimum atomic E-state index is 0.889. The van der Waals surface area contributed by atoms with Gasteiger partial charge in [-0.2, -0.15) is 0 Å². The topological polar surface area (TPSA) is 29.3 Å². The van der Waals surface area contributed by atoms with Crippen LogP contribution in [0.5, 0.6) is 0 Å². The van der Waals surface area contributed by atoms with Crippen LogP contribution in [0.1, 0.15) is 45.1 Å². The van der Waals surface area contributed by atoms with Crippen molar-refractivity contribution in [3.8, 4) is 0 Å². The Labute approximate surface area is 106 Å². The number of nitrogens with zero attached hydrogens (tertiary/aromatic N) is 1. The normalized spacial score (nSPS) is 10.5. The summed E-state index contributed by atoms with van der Waals surface area (Å²) in [4.78, 5) is 2.49. The fourth-order valence-electron chi connectivity index (χ4n) is 1.92. The van der Waals surface area contributed by atoms with Gasteiger partial charge in [-0.3, -0.25) is 0 Å². The van der Waals surface area contributed by atoms with Crippen LogP contribution in [0.25, 0.3) is 0 Å². The fraction of sp³-hybridized carbons (Fsp3) is 0.600. The van der Waals surface area contributed by atoms with E-state index in [0.29, 0.717) is 0 Å². The highest BCUT2D eigenvalue weighted by Crippen LogP contribution is 2.21. The second-order valence-electron chi connectivity index (χ2n) is 4.74. The van der Waals surface area contributed by atoms with E-state index in [4.69, 9.17) is 5.73 Å². The van der Waals surface area contributed by atoms with Gasteiger partial charge in [0.1, 0.15) is 0 Å². The van der Waals surface area contributed by atoms with Gasteiger partial charge in [-0.1, -0.05) is 26.7 Å². The molecule has 0 aliphatic rings. The maximum absolute atomic E-state index is 5.87. The lowest BCUT2D eigenvalue weighted by Crippen LogP contribution is -2.25. The first-order chi connectivity index (χ1) is 8.19. The molecule has 0 aromatic heterocycles. The number of nitrogens with two attached hydrogens (primary N) is 1. The van der Waals surface area contributed by atoms with Crippen LogP contribution in [0.15, 0.2) is 18.2 Å². The minimum Gasteiger partial charge on any atom is -0.399 e. The number of anilines is 2. The Kier molecular flexibility index (Phi) is 5.88. The zero-order chi connectivity index (χ0) is 12.7. The van der Waals surface area contributed by atoms with Crippen molar-refractivity contribution in [2.24, 2.45) is 0 Å². The summed E-state index contributed by atoms with van der Waals surface area (Å²) in [5, 5.41) is 0. The van der Waals surface area contributed by atoms with Crippen molar-refractivity contribution in [3.05, 3.63) is 23.8 Å². The van der Waals surface area contributed by atoms with Gasteiger partial charge >= 0.3 is 0 Å². The second kappa shape index (κ2) is 7.21. The monoisotopic (exact) mass is 234 g/mol. The minimum absolute atomic E-state index is 0.889. The molecule has 0 aliphatic carbocycles. The van der Waals surface area contributed by atoms with E-state index in [1.165, 1.54) is 36.9 Å². The van der Waals surface area contributed by atoms with Gasteiger partial charge in [0.05, 0.1) is 0 Å². The molecule has 0 atom stereocenters. The molecule has 1 rings (SSSR count). The molecular formula is C15H26N2. The Hall–Kier alpha value is -1.18. The molecule has 0 heterocycles. The van der Waals surface area contributed by atoms with Crippen LogP contribution in [0.2, 0.25) is 0 Å². The molecule has 0 saturated carbocycles.